The predicted octanol–water partition coefficient (Wildman–Crippen LogP) is 5.92. The first-order chi connectivity index (χ1) is 18.1. The Labute approximate surface area is 230 Å². The van der Waals surface area contributed by atoms with Crippen LogP contribution in [0.25, 0.3) is 0 Å². The van der Waals surface area contributed by atoms with Crippen LogP contribution in [0.1, 0.15) is 65.2 Å². The topological polar surface area (TPSA) is 125 Å². The molecule has 2 N–H and O–H groups in total. The summed E-state index contributed by atoms with van der Waals surface area (Å²) in [4.78, 5) is 17.5. The van der Waals surface area contributed by atoms with Crippen LogP contribution in [-0.4, -0.2) is 45.2 Å². The number of amidine groups is 1. The molecule has 0 unspecified atom stereocenters. The molecule has 0 saturated heterocycles. The molecule has 208 valence electrons. The second-order valence-electron chi connectivity index (χ2n) is 9.18. The molecule has 0 spiro atoms. The van der Waals surface area contributed by atoms with Crippen LogP contribution in [-0.2, 0) is 24.8 Å². The van der Waals surface area contributed by atoms with Crippen molar-refractivity contribution in [2.45, 2.75) is 70.1 Å². The van der Waals surface area contributed by atoms with E-state index in [4.69, 9.17) is 11.6 Å². The summed E-state index contributed by atoms with van der Waals surface area (Å²) in [5.74, 6) is -0.421. The fourth-order valence-corrected chi connectivity index (χ4v) is 7.13. The Morgan fingerprint density at radius 3 is 2.45 bits per heavy atom. The normalized spacial score (nSPS) is 14.5. The molecule has 0 aliphatic carbocycles. The van der Waals surface area contributed by atoms with E-state index in [-0.39, 0.29) is 51.5 Å². The van der Waals surface area contributed by atoms with Gasteiger partial charge in [-0.1, -0.05) is 69.7 Å². The number of rotatable bonds is 14. The summed E-state index contributed by atoms with van der Waals surface area (Å²) < 4.78 is 55.0. The summed E-state index contributed by atoms with van der Waals surface area (Å²) in [6.07, 6.45) is 6.04. The van der Waals surface area contributed by atoms with Gasteiger partial charge >= 0.3 is 0 Å². The van der Waals surface area contributed by atoms with Crippen molar-refractivity contribution >= 4 is 60.5 Å². The van der Waals surface area contributed by atoms with E-state index < -0.39 is 26.0 Å². The number of nitrogens with zero attached hydrogens (tertiary/aromatic N) is 2. The van der Waals surface area contributed by atoms with Gasteiger partial charge in [0.25, 0.3) is 10.0 Å². The van der Waals surface area contributed by atoms with Crippen molar-refractivity contribution in [3.63, 3.8) is 0 Å². The van der Waals surface area contributed by atoms with Gasteiger partial charge < -0.3 is 5.32 Å². The van der Waals surface area contributed by atoms with Gasteiger partial charge in [0.05, 0.1) is 34.3 Å². The number of carbonyl (C=O) groups is 1. The number of anilines is 2. The van der Waals surface area contributed by atoms with Crippen LogP contribution >= 0.6 is 11.6 Å². The molecule has 12 heteroatoms. The van der Waals surface area contributed by atoms with Crippen molar-refractivity contribution in [3.05, 3.63) is 47.5 Å². The maximum absolute atomic E-state index is 13.1. The molecule has 1 amide bonds. The first-order valence-corrected chi connectivity index (χ1v) is 16.3. The molecule has 2 aromatic rings. The van der Waals surface area contributed by atoms with Gasteiger partial charge in [0.1, 0.15) is 10.7 Å². The number of hydrogen-bond donors (Lipinski definition) is 2. The number of nitrogens with one attached hydrogen (secondary N) is 2. The zero-order valence-electron chi connectivity index (χ0n) is 21.7. The summed E-state index contributed by atoms with van der Waals surface area (Å²) in [5.41, 5.74) is 0.760. The molecule has 1 aliphatic rings. The van der Waals surface area contributed by atoms with Gasteiger partial charge in [-0.3, -0.25) is 13.8 Å². The number of carbonyl (C=O) groups excluding carboxylic acids is 1. The second-order valence-corrected chi connectivity index (χ2v) is 13.3. The number of unbranched alkanes of at least 4 members (excludes halogenated alkanes) is 5. The maximum atomic E-state index is 13.1. The van der Waals surface area contributed by atoms with Crippen LogP contribution in [0.2, 0.25) is 5.02 Å². The summed E-state index contributed by atoms with van der Waals surface area (Å²) >= 11 is 6.26. The molecule has 3 rings (SSSR count). The summed E-state index contributed by atoms with van der Waals surface area (Å²) in [6.45, 7) is 4.15. The number of fused-ring (bicyclic) bond motifs is 1. The molecule has 0 saturated carbocycles. The first-order valence-electron chi connectivity index (χ1n) is 12.9. The number of sulfonamides is 2. The largest absolute Gasteiger partial charge is 0.324 e. The second kappa shape index (κ2) is 13.4. The molecule has 0 fully saturated rings. The van der Waals surface area contributed by atoms with Crippen LogP contribution < -0.4 is 10.0 Å². The Morgan fingerprint density at radius 2 is 1.71 bits per heavy atom. The SMILES string of the molecule is CCCCCCCCS(=O)(=O)Nc1ccc(Cl)c(NC(=O)CC2=Nc3ccccc3S(=O)(=O)N2CCC)c1. The molecule has 1 aliphatic heterocycles. The minimum atomic E-state index is -3.84. The smallest absolute Gasteiger partial charge is 0.267 e. The third-order valence-electron chi connectivity index (χ3n) is 6.00. The lowest BCUT2D eigenvalue weighted by molar-refractivity contribution is -0.115. The molecule has 2 aromatic carbocycles. The van der Waals surface area contributed by atoms with Gasteiger partial charge in [0.2, 0.25) is 15.9 Å². The van der Waals surface area contributed by atoms with Crippen molar-refractivity contribution in [3.8, 4) is 0 Å². The molecule has 38 heavy (non-hydrogen) atoms. The van der Waals surface area contributed by atoms with E-state index in [0.29, 0.717) is 12.8 Å². The summed E-state index contributed by atoms with van der Waals surface area (Å²) in [5, 5.41) is 2.88. The Bertz CT molecular complexity index is 1380. The Morgan fingerprint density at radius 1 is 1.00 bits per heavy atom. The van der Waals surface area contributed by atoms with Crippen LogP contribution in [0, 0.1) is 0 Å². The van der Waals surface area contributed by atoms with Crippen LogP contribution in [0.5, 0.6) is 0 Å². The lowest BCUT2D eigenvalue weighted by Crippen LogP contribution is -2.41. The van der Waals surface area contributed by atoms with E-state index >= 15 is 0 Å². The number of benzene rings is 2. The fraction of sp³-hybridized carbons (Fsp3) is 0.462. The molecule has 0 bridgehead atoms. The number of halogens is 1. The van der Waals surface area contributed by atoms with Crippen molar-refractivity contribution in [2.24, 2.45) is 4.99 Å². The fourth-order valence-electron chi connectivity index (χ4n) is 4.13. The number of hydrogen-bond acceptors (Lipinski definition) is 6. The minimum Gasteiger partial charge on any atom is -0.324 e. The van der Waals surface area contributed by atoms with Gasteiger partial charge in [-0.2, -0.15) is 0 Å². The molecule has 0 aromatic heterocycles. The molecule has 9 nitrogen and oxygen atoms in total. The van der Waals surface area contributed by atoms with E-state index in [1.54, 1.807) is 18.2 Å². The summed E-state index contributed by atoms with van der Waals surface area (Å²) in [6, 6.07) is 10.8. The first kappa shape index (κ1) is 29.9. The Kier molecular flexibility index (Phi) is 10.6. The average molecular weight is 583 g/mol. The standard InChI is InChI=1S/C26H35ClN4O5S2/c1-3-5-6-7-8-11-17-37(33,34)30-20-14-15-21(27)23(18-20)29-26(32)19-25-28-22-12-9-10-13-24(22)38(35,36)31(25)16-4-2/h9-10,12-15,18,30H,3-8,11,16-17,19H2,1-2H3,(H,29,32). The lowest BCUT2D eigenvalue weighted by Gasteiger charge is -2.29. The van der Waals surface area contributed by atoms with E-state index in [1.165, 1.54) is 24.3 Å². The van der Waals surface area contributed by atoms with Crippen LogP contribution in [0.3, 0.4) is 0 Å². The van der Waals surface area contributed by atoms with Gasteiger partial charge in [-0.05, 0) is 43.2 Å². The highest BCUT2D eigenvalue weighted by atomic mass is 35.5. The third-order valence-corrected chi connectivity index (χ3v) is 9.57. The van der Waals surface area contributed by atoms with Crippen molar-refractivity contribution in [1.29, 1.82) is 0 Å². The van der Waals surface area contributed by atoms with Crippen LogP contribution in [0.4, 0.5) is 17.1 Å². The number of aliphatic imine (C=N–C) groups is 1. The van der Waals surface area contributed by atoms with Crippen molar-refractivity contribution in [2.75, 3.05) is 22.3 Å². The maximum Gasteiger partial charge on any atom is 0.267 e. The zero-order valence-corrected chi connectivity index (χ0v) is 24.1. The average Bonchev–Trinajstić information content (AvgIpc) is 2.85. The summed E-state index contributed by atoms with van der Waals surface area (Å²) in [7, 11) is -7.40. The van der Waals surface area contributed by atoms with Gasteiger partial charge in [-0.25, -0.2) is 21.8 Å². The molecular formula is C26H35ClN4O5S2. The van der Waals surface area contributed by atoms with E-state index in [0.717, 1.165) is 36.4 Å². The molecular weight excluding hydrogens is 548 g/mol. The minimum absolute atomic E-state index is 0.00643. The highest BCUT2D eigenvalue weighted by Gasteiger charge is 2.34. The highest BCUT2D eigenvalue weighted by molar-refractivity contribution is 7.92. The van der Waals surface area contributed by atoms with E-state index in [2.05, 4.69) is 22.0 Å². The van der Waals surface area contributed by atoms with Crippen molar-refractivity contribution in [1.82, 2.24) is 4.31 Å². The molecule has 0 atom stereocenters. The monoisotopic (exact) mass is 582 g/mol. The van der Waals surface area contributed by atoms with Gasteiger partial charge in [-0.15, -0.1) is 0 Å². The van der Waals surface area contributed by atoms with Gasteiger partial charge in [0.15, 0.2) is 0 Å². The quantitative estimate of drug-likeness (QED) is 0.268. The molecule has 1 heterocycles. The van der Waals surface area contributed by atoms with E-state index in [1.807, 2.05) is 6.92 Å². The molecule has 0 radical (unpaired) electrons. The number of para-hydroxylation sites is 1. The van der Waals surface area contributed by atoms with Crippen LogP contribution in [0.15, 0.2) is 52.4 Å². The predicted molar refractivity (Wildman–Crippen MR) is 153 cm³/mol. The number of amides is 1. The highest BCUT2D eigenvalue weighted by Crippen LogP contribution is 2.33. The third kappa shape index (κ3) is 7.94. The van der Waals surface area contributed by atoms with Gasteiger partial charge in [0, 0.05) is 6.54 Å². The Balaban J connectivity index is 1.69. The zero-order chi connectivity index (χ0) is 27.8. The Hall–Kier alpha value is -2.63. The van der Waals surface area contributed by atoms with Crippen molar-refractivity contribution < 1.29 is 21.6 Å². The lowest BCUT2D eigenvalue weighted by atomic mass is 10.1. The van der Waals surface area contributed by atoms with E-state index in [9.17, 15) is 21.6 Å².